The molecule has 1 saturated carbocycles. The first-order valence-electron chi connectivity index (χ1n) is 5.09. The van der Waals surface area contributed by atoms with Gasteiger partial charge in [0.15, 0.2) is 0 Å². The number of hydrogen-bond acceptors (Lipinski definition) is 4. The fraction of sp³-hybridized carbons (Fsp3) is 0.400. The lowest BCUT2D eigenvalue weighted by molar-refractivity contribution is -0.110. The van der Waals surface area contributed by atoms with E-state index in [2.05, 4.69) is 20.6 Å². The van der Waals surface area contributed by atoms with E-state index in [0.29, 0.717) is 0 Å². The first-order valence-corrected chi connectivity index (χ1v) is 5.09. The molecule has 3 N–H and O–H groups in total. The summed E-state index contributed by atoms with van der Waals surface area (Å²) in [5.41, 5.74) is 2.28. The fourth-order valence-corrected chi connectivity index (χ4v) is 2.00. The number of nitrogens with zero attached hydrogens (tertiary/aromatic N) is 3. The van der Waals surface area contributed by atoms with Gasteiger partial charge in [-0.3, -0.25) is 0 Å². The van der Waals surface area contributed by atoms with Gasteiger partial charge >= 0.3 is 0 Å². The third-order valence-electron chi connectivity index (χ3n) is 2.77. The van der Waals surface area contributed by atoms with Crippen molar-refractivity contribution in [3.63, 3.8) is 0 Å². The number of hydrogen-bond donors (Lipinski definition) is 2. The highest BCUT2D eigenvalue weighted by Crippen LogP contribution is 2.36. The van der Waals surface area contributed by atoms with Crippen LogP contribution in [0.3, 0.4) is 0 Å². The quantitative estimate of drug-likeness (QED) is 0.183. The molecule has 0 bridgehead atoms. The fourth-order valence-electron chi connectivity index (χ4n) is 2.00. The highest BCUT2D eigenvalue weighted by Gasteiger charge is 2.27. The summed E-state index contributed by atoms with van der Waals surface area (Å²) < 4.78 is 0. The maximum Gasteiger partial charge on any atom is 0.139 e. The zero-order valence-electron chi connectivity index (χ0n) is 8.71. The Hall–Kier alpha value is -1.98. The second-order valence-electron chi connectivity index (χ2n) is 3.68. The molecule has 0 aromatic carbocycles. The van der Waals surface area contributed by atoms with Crippen LogP contribution in [0.4, 0.5) is 0 Å². The summed E-state index contributed by atoms with van der Waals surface area (Å²) in [4.78, 5) is 14.9. The van der Waals surface area contributed by atoms with Gasteiger partial charge in [0.1, 0.15) is 18.8 Å². The van der Waals surface area contributed by atoms with E-state index in [1.54, 1.807) is 0 Å². The number of carbonyl (C=O) groups is 1. The summed E-state index contributed by atoms with van der Waals surface area (Å²) in [5.74, 6) is 4.88. The molecule has 0 aromatic heterocycles. The van der Waals surface area contributed by atoms with Gasteiger partial charge in [0.05, 0.1) is 0 Å². The third-order valence-corrected chi connectivity index (χ3v) is 2.77. The molecule has 2 unspecified atom stereocenters. The number of allylic oxidation sites excluding steroid dienone is 2. The number of carbonyl (C=O) groups excluding carboxylic acids is 1. The van der Waals surface area contributed by atoms with Crippen LogP contribution < -0.4 is 11.2 Å². The molecule has 6 heteroatoms. The van der Waals surface area contributed by atoms with Gasteiger partial charge < -0.3 is 16.0 Å². The Balaban J connectivity index is 2.07. The maximum absolute atomic E-state index is 10.8. The number of fused-ring (bicyclic) bond motifs is 1. The van der Waals surface area contributed by atoms with Crippen LogP contribution in [0.1, 0.15) is 12.8 Å². The van der Waals surface area contributed by atoms with E-state index in [1.807, 2.05) is 12.3 Å². The SMILES string of the molecule is NN=N/C=N/C1C=C2CCC(C=O)C2=CN1. The Bertz CT molecular complexity index is 396. The second-order valence-corrected chi connectivity index (χ2v) is 3.68. The van der Waals surface area contributed by atoms with E-state index >= 15 is 0 Å². The van der Waals surface area contributed by atoms with E-state index in [4.69, 9.17) is 5.84 Å². The highest BCUT2D eigenvalue weighted by atomic mass is 16.1. The number of aldehydes is 1. The maximum atomic E-state index is 10.8. The lowest BCUT2D eigenvalue weighted by Crippen LogP contribution is -2.24. The summed E-state index contributed by atoms with van der Waals surface area (Å²) in [7, 11) is 0. The Morgan fingerprint density at radius 3 is 3.19 bits per heavy atom. The van der Waals surface area contributed by atoms with Crippen molar-refractivity contribution in [1.82, 2.24) is 5.32 Å². The van der Waals surface area contributed by atoms with Gasteiger partial charge in [0, 0.05) is 12.1 Å². The van der Waals surface area contributed by atoms with Gasteiger partial charge in [-0.15, -0.1) is 5.11 Å². The van der Waals surface area contributed by atoms with Crippen LogP contribution in [0.2, 0.25) is 0 Å². The molecule has 0 spiro atoms. The number of rotatable bonds is 3. The summed E-state index contributed by atoms with van der Waals surface area (Å²) in [5, 5.41) is 9.60. The molecule has 1 fully saturated rings. The first kappa shape index (κ1) is 10.5. The highest BCUT2D eigenvalue weighted by molar-refractivity contribution is 5.65. The van der Waals surface area contributed by atoms with E-state index < -0.39 is 0 Å². The van der Waals surface area contributed by atoms with Crippen molar-refractivity contribution in [2.45, 2.75) is 19.0 Å². The molecule has 1 aliphatic heterocycles. The topological polar surface area (TPSA) is 92.2 Å². The van der Waals surface area contributed by atoms with Gasteiger partial charge in [-0.2, -0.15) is 0 Å². The molecule has 2 rings (SSSR count). The van der Waals surface area contributed by atoms with Crippen LogP contribution >= 0.6 is 0 Å². The average molecular weight is 219 g/mol. The molecular formula is C10H13N5O. The van der Waals surface area contributed by atoms with Crippen molar-refractivity contribution >= 4 is 12.6 Å². The van der Waals surface area contributed by atoms with Gasteiger partial charge in [-0.05, 0) is 30.1 Å². The molecule has 6 nitrogen and oxygen atoms in total. The number of nitrogens with one attached hydrogen (secondary N) is 1. The molecule has 1 heterocycles. The average Bonchev–Trinajstić information content (AvgIpc) is 2.71. The van der Waals surface area contributed by atoms with Crippen molar-refractivity contribution in [3.05, 3.63) is 23.4 Å². The lowest BCUT2D eigenvalue weighted by atomic mass is 10.0. The predicted molar refractivity (Wildman–Crippen MR) is 59.4 cm³/mol. The van der Waals surface area contributed by atoms with Crippen molar-refractivity contribution in [2.24, 2.45) is 27.1 Å². The van der Waals surface area contributed by atoms with E-state index in [0.717, 1.165) is 24.7 Å². The Labute approximate surface area is 93.0 Å². The molecular weight excluding hydrogens is 206 g/mol. The number of nitrogens with two attached hydrogens (primary N) is 1. The van der Waals surface area contributed by atoms with Crippen molar-refractivity contribution in [1.29, 1.82) is 0 Å². The summed E-state index contributed by atoms with van der Waals surface area (Å²) >= 11 is 0. The first-order chi connectivity index (χ1) is 7.85. The van der Waals surface area contributed by atoms with E-state index in [9.17, 15) is 4.79 Å². The summed E-state index contributed by atoms with van der Waals surface area (Å²) in [6, 6.07) is 0. The van der Waals surface area contributed by atoms with Crippen LogP contribution in [0.5, 0.6) is 0 Å². The van der Waals surface area contributed by atoms with Gasteiger partial charge in [0.2, 0.25) is 0 Å². The minimum Gasteiger partial charge on any atom is -0.366 e. The molecule has 84 valence electrons. The smallest absolute Gasteiger partial charge is 0.139 e. The molecule has 16 heavy (non-hydrogen) atoms. The van der Waals surface area contributed by atoms with E-state index in [-0.39, 0.29) is 12.1 Å². The molecule has 2 aliphatic rings. The molecule has 1 aliphatic carbocycles. The van der Waals surface area contributed by atoms with Gasteiger partial charge in [-0.1, -0.05) is 5.22 Å². The third kappa shape index (κ3) is 2.00. The molecule has 0 saturated heterocycles. The molecule has 0 radical (unpaired) electrons. The minimum absolute atomic E-state index is 0.0346. The normalized spacial score (nSPS) is 28.8. The summed E-state index contributed by atoms with van der Waals surface area (Å²) in [6.45, 7) is 0. The Morgan fingerprint density at radius 1 is 1.56 bits per heavy atom. The van der Waals surface area contributed by atoms with Crippen LogP contribution in [0.25, 0.3) is 0 Å². The van der Waals surface area contributed by atoms with E-state index in [1.165, 1.54) is 11.9 Å². The Kier molecular flexibility index (Phi) is 3.09. The largest absolute Gasteiger partial charge is 0.366 e. The molecule has 2 atom stereocenters. The van der Waals surface area contributed by atoms with Crippen molar-refractivity contribution in [3.8, 4) is 0 Å². The van der Waals surface area contributed by atoms with Crippen LogP contribution in [-0.4, -0.2) is 18.8 Å². The second kappa shape index (κ2) is 4.69. The van der Waals surface area contributed by atoms with Crippen LogP contribution in [0, 0.1) is 5.92 Å². The number of dihydropyridines is 1. The molecule has 0 amide bonds. The van der Waals surface area contributed by atoms with Crippen molar-refractivity contribution in [2.75, 3.05) is 0 Å². The summed E-state index contributed by atoms with van der Waals surface area (Å²) in [6.07, 6.45) is 7.85. The lowest BCUT2D eigenvalue weighted by Gasteiger charge is -2.17. The van der Waals surface area contributed by atoms with Crippen LogP contribution in [-0.2, 0) is 4.79 Å². The minimum atomic E-state index is -0.144. The van der Waals surface area contributed by atoms with Crippen LogP contribution in [0.15, 0.2) is 38.8 Å². The zero-order chi connectivity index (χ0) is 11.4. The number of aliphatic imine (C=N–C) groups is 1. The van der Waals surface area contributed by atoms with Gasteiger partial charge in [0.25, 0.3) is 0 Å². The predicted octanol–water partition coefficient (Wildman–Crippen LogP) is 0.689. The monoisotopic (exact) mass is 219 g/mol. The Morgan fingerprint density at radius 2 is 2.44 bits per heavy atom. The standard InChI is InChI=1S/C10H13N5O/c11-15-14-6-13-10-3-7-1-2-8(5-16)9(7)4-12-10/h3-6,8,10,12H,1-2H2,(H2,11,13,14). The van der Waals surface area contributed by atoms with Gasteiger partial charge in [-0.25, -0.2) is 4.99 Å². The molecule has 0 aromatic rings. The zero-order valence-corrected chi connectivity index (χ0v) is 8.71. The van der Waals surface area contributed by atoms with Crippen molar-refractivity contribution < 1.29 is 4.79 Å².